The second-order valence-corrected chi connectivity index (χ2v) is 3.87. The van der Waals surface area contributed by atoms with Gasteiger partial charge in [-0.1, -0.05) is 23.2 Å². The summed E-state index contributed by atoms with van der Waals surface area (Å²) < 4.78 is 0. The van der Waals surface area contributed by atoms with Crippen LogP contribution in [-0.2, 0) is 4.79 Å². The molecule has 0 saturated carbocycles. The molecule has 0 heterocycles. The van der Waals surface area contributed by atoms with Crippen molar-refractivity contribution in [2.24, 2.45) is 0 Å². The van der Waals surface area contributed by atoms with Crippen molar-refractivity contribution in [3.05, 3.63) is 33.8 Å². The van der Waals surface area contributed by atoms with E-state index in [-0.39, 0.29) is 23.6 Å². The second kappa shape index (κ2) is 5.72. The summed E-state index contributed by atoms with van der Waals surface area (Å²) >= 11 is 11.5. The molecule has 0 aliphatic carbocycles. The monoisotopic (exact) mass is 261 g/mol. The Bertz CT molecular complexity index is 421. The van der Waals surface area contributed by atoms with Crippen molar-refractivity contribution >= 4 is 35.1 Å². The Balaban J connectivity index is 2.63. The number of benzene rings is 1. The van der Waals surface area contributed by atoms with Crippen LogP contribution >= 0.6 is 23.2 Å². The number of carboxylic acid groups (broad SMARTS) is 1. The van der Waals surface area contributed by atoms with E-state index >= 15 is 0 Å². The van der Waals surface area contributed by atoms with Gasteiger partial charge in [0, 0.05) is 11.6 Å². The Kier molecular flexibility index (Phi) is 4.58. The Hall–Kier alpha value is -1.26. The smallest absolute Gasteiger partial charge is 0.305 e. The standard InChI is InChI=1S/C10H9Cl2NO3/c11-6-1-2-7(8(12)5-6)10(16)13-4-3-9(14)15/h1-2,5H,3-4H2,(H,13,16)(H,14,15). The molecule has 0 saturated heterocycles. The molecule has 0 atom stereocenters. The number of carboxylic acids is 1. The third-order valence-corrected chi connectivity index (χ3v) is 2.35. The number of rotatable bonds is 4. The molecule has 0 spiro atoms. The van der Waals surface area contributed by atoms with Gasteiger partial charge in [0.05, 0.1) is 17.0 Å². The van der Waals surface area contributed by atoms with Gasteiger partial charge < -0.3 is 10.4 Å². The molecule has 4 nitrogen and oxygen atoms in total. The Morgan fingerprint density at radius 1 is 1.31 bits per heavy atom. The number of halogens is 2. The molecule has 6 heteroatoms. The number of aliphatic carboxylic acids is 1. The van der Waals surface area contributed by atoms with E-state index in [0.717, 1.165) is 0 Å². The van der Waals surface area contributed by atoms with Gasteiger partial charge >= 0.3 is 5.97 Å². The third kappa shape index (κ3) is 3.72. The predicted molar refractivity (Wildman–Crippen MR) is 61.0 cm³/mol. The third-order valence-electron chi connectivity index (χ3n) is 1.80. The highest BCUT2D eigenvalue weighted by atomic mass is 35.5. The molecule has 2 N–H and O–H groups in total. The zero-order valence-electron chi connectivity index (χ0n) is 8.17. The summed E-state index contributed by atoms with van der Waals surface area (Å²) in [5.41, 5.74) is 0.274. The van der Waals surface area contributed by atoms with Crippen LogP contribution in [0, 0.1) is 0 Å². The molecule has 0 unspecified atom stereocenters. The van der Waals surface area contributed by atoms with E-state index in [2.05, 4.69) is 5.32 Å². The Labute approximate surface area is 102 Å². The molecule has 0 radical (unpaired) electrons. The van der Waals surface area contributed by atoms with Gasteiger partial charge in [-0.05, 0) is 18.2 Å². The highest BCUT2D eigenvalue weighted by Gasteiger charge is 2.10. The van der Waals surface area contributed by atoms with Gasteiger partial charge in [-0.25, -0.2) is 0 Å². The van der Waals surface area contributed by atoms with E-state index in [1.54, 1.807) is 6.07 Å². The first-order chi connectivity index (χ1) is 7.50. The second-order valence-electron chi connectivity index (χ2n) is 3.02. The fraction of sp³-hybridized carbons (Fsp3) is 0.200. The maximum Gasteiger partial charge on any atom is 0.305 e. The molecule has 86 valence electrons. The zero-order valence-corrected chi connectivity index (χ0v) is 9.68. The van der Waals surface area contributed by atoms with E-state index in [9.17, 15) is 9.59 Å². The van der Waals surface area contributed by atoms with Gasteiger partial charge in [0.15, 0.2) is 0 Å². The zero-order chi connectivity index (χ0) is 12.1. The average molecular weight is 262 g/mol. The Morgan fingerprint density at radius 2 is 2.00 bits per heavy atom. The maximum absolute atomic E-state index is 11.5. The predicted octanol–water partition coefficient (Wildman–Crippen LogP) is 2.20. The molecular formula is C10H9Cl2NO3. The molecular weight excluding hydrogens is 253 g/mol. The van der Waals surface area contributed by atoms with Crippen molar-refractivity contribution in [3.63, 3.8) is 0 Å². The molecule has 1 rings (SSSR count). The first-order valence-corrected chi connectivity index (χ1v) is 5.21. The number of carbonyl (C=O) groups is 2. The van der Waals surface area contributed by atoms with Gasteiger partial charge in [0.1, 0.15) is 0 Å². The van der Waals surface area contributed by atoms with Gasteiger partial charge in [-0.2, -0.15) is 0 Å². The van der Waals surface area contributed by atoms with Crippen LogP contribution < -0.4 is 5.32 Å². The maximum atomic E-state index is 11.5. The van der Waals surface area contributed by atoms with Crippen LogP contribution in [0.25, 0.3) is 0 Å². The van der Waals surface area contributed by atoms with E-state index in [4.69, 9.17) is 28.3 Å². The summed E-state index contributed by atoms with van der Waals surface area (Å²) in [6.07, 6.45) is -0.128. The van der Waals surface area contributed by atoms with Crippen LogP contribution in [-0.4, -0.2) is 23.5 Å². The Morgan fingerprint density at radius 3 is 2.56 bits per heavy atom. The summed E-state index contributed by atoms with van der Waals surface area (Å²) in [6.45, 7) is 0.0626. The molecule has 0 aromatic heterocycles. The quantitative estimate of drug-likeness (QED) is 0.874. The fourth-order valence-corrected chi connectivity index (χ4v) is 1.55. The SMILES string of the molecule is O=C(O)CCNC(=O)c1ccc(Cl)cc1Cl. The van der Waals surface area contributed by atoms with Crippen LogP contribution in [0.2, 0.25) is 10.0 Å². The molecule has 0 aliphatic heterocycles. The van der Waals surface area contributed by atoms with Crippen molar-refractivity contribution < 1.29 is 14.7 Å². The van der Waals surface area contributed by atoms with Crippen LogP contribution in [0.5, 0.6) is 0 Å². The van der Waals surface area contributed by atoms with Gasteiger partial charge in [0.2, 0.25) is 0 Å². The lowest BCUT2D eigenvalue weighted by Crippen LogP contribution is -2.26. The van der Waals surface area contributed by atoms with E-state index in [0.29, 0.717) is 5.02 Å². The first-order valence-electron chi connectivity index (χ1n) is 4.45. The first kappa shape index (κ1) is 12.8. The fourth-order valence-electron chi connectivity index (χ4n) is 1.05. The van der Waals surface area contributed by atoms with Gasteiger partial charge in [0.25, 0.3) is 5.91 Å². The number of amides is 1. The topological polar surface area (TPSA) is 66.4 Å². The largest absolute Gasteiger partial charge is 0.481 e. The van der Waals surface area contributed by atoms with Crippen molar-refractivity contribution in [2.75, 3.05) is 6.54 Å². The molecule has 0 aliphatic rings. The van der Waals surface area contributed by atoms with Gasteiger partial charge in [-0.15, -0.1) is 0 Å². The normalized spacial score (nSPS) is 9.88. The van der Waals surface area contributed by atoms with E-state index in [1.807, 2.05) is 0 Å². The summed E-state index contributed by atoms with van der Waals surface area (Å²) in [4.78, 5) is 21.8. The molecule has 0 bridgehead atoms. The highest BCUT2D eigenvalue weighted by molar-refractivity contribution is 6.36. The van der Waals surface area contributed by atoms with Gasteiger partial charge in [-0.3, -0.25) is 9.59 Å². The lowest BCUT2D eigenvalue weighted by Gasteiger charge is -2.05. The lowest BCUT2D eigenvalue weighted by atomic mass is 10.2. The minimum Gasteiger partial charge on any atom is -0.481 e. The summed E-state index contributed by atoms with van der Waals surface area (Å²) in [6, 6.07) is 4.48. The van der Waals surface area contributed by atoms with Crippen LogP contribution in [0.4, 0.5) is 0 Å². The molecule has 1 aromatic rings. The van der Waals surface area contributed by atoms with Crippen LogP contribution in [0.3, 0.4) is 0 Å². The number of hydrogen-bond acceptors (Lipinski definition) is 2. The van der Waals surface area contributed by atoms with Crippen LogP contribution in [0.1, 0.15) is 16.8 Å². The number of nitrogens with one attached hydrogen (secondary N) is 1. The van der Waals surface area contributed by atoms with Crippen LogP contribution in [0.15, 0.2) is 18.2 Å². The van der Waals surface area contributed by atoms with Crippen molar-refractivity contribution in [1.29, 1.82) is 0 Å². The van der Waals surface area contributed by atoms with E-state index < -0.39 is 11.9 Å². The summed E-state index contributed by atoms with van der Waals surface area (Å²) in [7, 11) is 0. The summed E-state index contributed by atoms with van der Waals surface area (Å²) in [5, 5.41) is 11.5. The minimum atomic E-state index is -0.970. The van der Waals surface area contributed by atoms with Crippen molar-refractivity contribution in [1.82, 2.24) is 5.32 Å². The highest BCUT2D eigenvalue weighted by Crippen LogP contribution is 2.20. The number of carbonyl (C=O) groups excluding carboxylic acids is 1. The minimum absolute atomic E-state index is 0.0626. The molecule has 16 heavy (non-hydrogen) atoms. The van der Waals surface area contributed by atoms with E-state index in [1.165, 1.54) is 12.1 Å². The lowest BCUT2D eigenvalue weighted by molar-refractivity contribution is -0.136. The average Bonchev–Trinajstić information content (AvgIpc) is 2.16. The molecule has 0 fully saturated rings. The summed E-state index contributed by atoms with van der Waals surface area (Å²) in [5.74, 6) is -1.38. The molecule has 1 amide bonds. The van der Waals surface area contributed by atoms with Crippen molar-refractivity contribution in [2.45, 2.75) is 6.42 Å². The molecule has 1 aromatic carbocycles. The van der Waals surface area contributed by atoms with Crippen molar-refractivity contribution in [3.8, 4) is 0 Å². The number of hydrogen-bond donors (Lipinski definition) is 2.